The van der Waals surface area contributed by atoms with Gasteiger partial charge in [-0.3, -0.25) is 9.48 Å². The fourth-order valence-electron chi connectivity index (χ4n) is 3.64. The third-order valence-corrected chi connectivity index (χ3v) is 6.56. The predicted octanol–water partition coefficient (Wildman–Crippen LogP) is 2.86. The third-order valence-electron chi connectivity index (χ3n) is 5.05. The maximum absolute atomic E-state index is 13.1. The highest BCUT2D eigenvalue weighted by Gasteiger charge is 2.37. The van der Waals surface area contributed by atoms with Crippen molar-refractivity contribution in [2.45, 2.75) is 42.8 Å². The van der Waals surface area contributed by atoms with Gasteiger partial charge in [0.1, 0.15) is 0 Å². The van der Waals surface area contributed by atoms with Crippen LogP contribution in [0.4, 0.5) is 13.2 Å². The van der Waals surface area contributed by atoms with Gasteiger partial charge < -0.3 is 4.90 Å². The predicted molar refractivity (Wildman–Crippen MR) is 103 cm³/mol. The highest BCUT2D eigenvalue weighted by molar-refractivity contribution is 7.89. The van der Waals surface area contributed by atoms with E-state index in [1.54, 1.807) is 22.8 Å². The van der Waals surface area contributed by atoms with E-state index in [0.29, 0.717) is 12.6 Å². The summed E-state index contributed by atoms with van der Waals surface area (Å²) in [4.78, 5) is 13.6. The number of likely N-dealkylation sites (tertiary alicyclic amines) is 1. The van der Waals surface area contributed by atoms with Gasteiger partial charge in [0, 0.05) is 38.3 Å². The Bertz CT molecular complexity index is 1000. The van der Waals surface area contributed by atoms with Gasteiger partial charge in [-0.15, -0.1) is 0 Å². The zero-order chi connectivity index (χ0) is 21.9. The number of aryl methyl sites for hydroxylation is 1. The quantitative estimate of drug-likeness (QED) is 0.743. The molecule has 1 aromatic heterocycles. The first-order valence-corrected chi connectivity index (χ1v) is 11.0. The number of nitrogens with one attached hydrogen (secondary N) is 1. The van der Waals surface area contributed by atoms with Crippen LogP contribution in [0, 0.1) is 0 Å². The Morgan fingerprint density at radius 2 is 2.00 bits per heavy atom. The molecule has 1 aliphatic rings. The summed E-state index contributed by atoms with van der Waals surface area (Å²) >= 11 is 0. The van der Waals surface area contributed by atoms with E-state index in [9.17, 15) is 26.4 Å². The molecule has 0 saturated carbocycles. The summed E-state index contributed by atoms with van der Waals surface area (Å²) in [5.74, 6) is -0.254. The number of nitrogens with zero attached hydrogens (tertiary/aromatic N) is 3. The summed E-state index contributed by atoms with van der Waals surface area (Å²) in [6, 6.07) is 3.83. The summed E-state index contributed by atoms with van der Waals surface area (Å²) in [7, 11) is -2.63. The van der Waals surface area contributed by atoms with Gasteiger partial charge in [0.2, 0.25) is 15.9 Å². The van der Waals surface area contributed by atoms with Crippen molar-refractivity contribution < 1.29 is 26.4 Å². The molecule has 0 bridgehead atoms. The topological polar surface area (TPSA) is 84.3 Å². The molecule has 1 saturated heterocycles. The molecule has 0 spiro atoms. The molecule has 1 aliphatic heterocycles. The van der Waals surface area contributed by atoms with Crippen molar-refractivity contribution in [1.29, 1.82) is 0 Å². The van der Waals surface area contributed by atoms with Crippen LogP contribution in [0.15, 0.2) is 41.6 Å². The number of sulfonamides is 1. The van der Waals surface area contributed by atoms with Crippen LogP contribution in [0.5, 0.6) is 0 Å². The maximum Gasteiger partial charge on any atom is 0.417 e. The normalized spacial score (nSPS) is 17.9. The summed E-state index contributed by atoms with van der Waals surface area (Å²) in [6.07, 6.45) is 1.18. The average Bonchev–Trinajstić information content (AvgIpc) is 3.13. The van der Waals surface area contributed by atoms with Crippen molar-refractivity contribution in [3.05, 3.63) is 47.8 Å². The lowest BCUT2D eigenvalue weighted by Crippen LogP contribution is -2.40. The van der Waals surface area contributed by atoms with E-state index < -0.39 is 26.7 Å². The van der Waals surface area contributed by atoms with E-state index in [2.05, 4.69) is 9.82 Å². The lowest BCUT2D eigenvalue weighted by Gasteiger charge is -2.35. The molecule has 7 nitrogen and oxygen atoms in total. The molecule has 3 rings (SSSR count). The fourth-order valence-corrected chi connectivity index (χ4v) is 4.89. The molecule has 1 unspecified atom stereocenters. The minimum atomic E-state index is -4.80. The number of benzene rings is 1. The molecule has 1 amide bonds. The summed E-state index contributed by atoms with van der Waals surface area (Å²) in [5.41, 5.74) is -0.332. The van der Waals surface area contributed by atoms with Crippen LogP contribution in [0.25, 0.3) is 0 Å². The van der Waals surface area contributed by atoms with Crippen molar-refractivity contribution >= 4 is 15.9 Å². The summed E-state index contributed by atoms with van der Waals surface area (Å²) in [5, 5.41) is 4.14. The lowest BCUT2D eigenvalue weighted by molar-refractivity contribution is -0.140. The van der Waals surface area contributed by atoms with Crippen LogP contribution >= 0.6 is 0 Å². The molecule has 0 radical (unpaired) electrons. The standard InChI is InChI=1S/C19H23F3N4O3S/c1-25-13-14(12-23-25)16-7-4-5-11-26(16)18(27)9-10-24-30(28,29)17-8-3-2-6-15(17)19(20,21)22/h2-3,6,8,12-13,16,24H,4-5,7,9-11H2,1H3. The number of amides is 1. The first-order chi connectivity index (χ1) is 14.1. The Morgan fingerprint density at radius 3 is 2.67 bits per heavy atom. The van der Waals surface area contributed by atoms with Crippen LogP contribution in [0.1, 0.15) is 42.9 Å². The lowest BCUT2D eigenvalue weighted by atomic mass is 9.97. The average molecular weight is 444 g/mol. The van der Waals surface area contributed by atoms with Crippen LogP contribution in [-0.4, -0.2) is 42.1 Å². The molecule has 1 fully saturated rings. The number of aromatic nitrogens is 2. The van der Waals surface area contributed by atoms with Crippen LogP contribution < -0.4 is 4.72 Å². The SMILES string of the molecule is Cn1cc(C2CCCCN2C(=O)CCNS(=O)(=O)c2ccccc2C(F)(F)F)cn1. The van der Waals surface area contributed by atoms with Crippen molar-refractivity contribution in [1.82, 2.24) is 19.4 Å². The number of halogens is 3. The van der Waals surface area contributed by atoms with Gasteiger partial charge in [-0.1, -0.05) is 12.1 Å². The maximum atomic E-state index is 13.1. The smallest absolute Gasteiger partial charge is 0.336 e. The van der Waals surface area contributed by atoms with Gasteiger partial charge in [0.15, 0.2) is 0 Å². The Hall–Kier alpha value is -2.40. The van der Waals surface area contributed by atoms with Gasteiger partial charge in [0.05, 0.1) is 22.7 Å². The molecule has 1 aromatic carbocycles. The van der Waals surface area contributed by atoms with Crippen molar-refractivity contribution in [3.63, 3.8) is 0 Å². The third kappa shape index (κ3) is 5.01. The molecule has 164 valence electrons. The number of alkyl halides is 3. The molecular formula is C19H23F3N4O3S. The summed E-state index contributed by atoms with van der Waals surface area (Å²) in [6.45, 7) is 0.256. The minimum Gasteiger partial charge on any atom is -0.336 e. The van der Waals surface area contributed by atoms with Crippen LogP contribution in [0.3, 0.4) is 0 Å². The van der Waals surface area contributed by atoms with Gasteiger partial charge in [0.25, 0.3) is 0 Å². The largest absolute Gasteiger partial charge is 0.417 e. The Labute approximate surface area is 172 Å². The van der Waals surface area contributed by atoms with E-state index in [-0.39, 0.29) is 24.9 Å². The number of carbonyl (C=O) groups is 1. The van der Waals surface area contributed by atoms with E-state index in [1.807, 2.05) is 6.20 Å². The molecule has 11 heteroatoms. The minimum absolute atomic E-state index is 0.137. The van der Waals surface area contributed by atoms with E-state index in [0.717, 1.165) is 37.0 Å². The van der Waals surface area contributed by atoms with Gasteiger partial charge >= 0.3 is 6.18 Å². The van der Waals surface area contributed by atoms with Crippen LogP contribution in [-0.2, 0) is 28.0 Å². The van der Waals surface area contributed by atoms with Gasteiger partial charge in [-0.05, 0) is 31.4 Å². The molecule has 0 aliphatic carbocycles. The highest BCUT2D eigenvalue weighted by atomic mass is 32.2. The van der Waals surface area contributed by atoms with E-state index in [1.165, 1.54) is 6.07 Å². The van der Waals surface area contributed by atoms with Crippen molar-refractivity contribution in [2.75, 3.05) is 13.1 Å². The molecule has 2 heterocycles. The second-order valence-electron chi connectivity index (χ2n) is 7.19. The monoisotopic (exact) mass is 444 g/mol. The second-order valence-corrected chi connectivity index (χ2v) is 8.92. The van der Waals surface area contributed by atoms with E-state index in [4.69, 9.17) is 0 Å². The number of rotatable bonds is 6. The highest BCUT2D eigenvalue weighted by Crippen LogP contribution is 2.34. The van der Waals surface area contributed by atoms with Gasteiger partial charge in [-0.25, -0.2) is 13.1 Å². The summed E-state index contributed by atoms with van der Waals surface area (Å²) < 4.78 is 67.9. The fraction of sp³-hybridized carbons (Fsp3) is 0.474. The Morgan fingerprint density at radius 1 is 1.27 bits per heavy atom. The molecule has 1 N–H and O–H groups in total. The van der Waals surface area contributed by atoms with Gasteiger partial charge in [-0.2, -0.15) is 18.3 Å². The number of hydrogen-bond donors (Lipinski definition) is 1. The number of carbonyl (C=O) groups excluding carboxylic acids is 1. The zero-order valence-electron chi connectivity index (χ0n) is 16.4. The molecule has 30 heavy (non-hydrogen) atoms. The van der Waals surface area contributed by atoms with Crippen molar-refractivity contribution in [2.24, 2.45) is 7.05 Å². The van der Waals surface area contributed by atoms with E-state index >= 15 is 0 Å². The first kappa shape index (κ1) is 22.3. The zero-order valence-corrected chi connectivity index (χ0v) is 17.2. The molecule has 2 aromatic rings. The Balaban J connectivity index is 1.66. The van der Waals surface area contributed by atoms with Crippen molar-refractivity contribution in [3.8, 4) is 0 Å². The number of hydrogen-bond acceptors (Lipinski definition) is 4. The number of piperidine rings is 1. The first-order valence-electron chi connectivity index (χ1n) is 9.53. The molecular weight excluding hydrogens is 421 g/mol. The second kappa shape index (κ2) is 8.76. The Kier molecular flexibility index (Phi) is 6.51. The molecule has 1 atom stereocenters. The van der Waals surface area contributed by atoms with Crippen LogP contribution in [0.2, 0.25) is 0 Å².